The van der Waals surface area contributed by atoms with Gasteiger partial charge >= 0.3 is 5.97 Å². The lowest BCUT2D eigenvalue weighted by molar-refractivity contribution is 0.0697. The summed E-state index contributed by atoms with van der Waals surface area (Å²) < 4.78 is 39.8. The smallest absolute Gasteiger partial charge is 0.339 e. The van der Waals surface area contributed by atoms with Gasteiger partial charge in [0.15, 0.2) is 0 Å². The van der Waals surface area contributed by atoms with E-state index in [4.69, 9.17) is 5.11 Å². The molecule has 0 spiro atoms. The number of carboxylic acids is 1. The molecule has 3 N–H and O–H groups in total. The quantitative estimate of drug-likeness (QED) is 0.806. The lowest BCUT2D eigenvalue weighted by atomic mass is 10.2. The highest BCUT2D eigenvalue weighted by Crippen LogP contribution is 2.24. The molecule has 112 valence electrons. The van der Waals surface area contributed by atoms with Gasteiger partial charge in [-0.3, -0.25) is 4.72 Å². The van der Waals surface area contributed by atoms with Crippen molar-refractivity contribution in [2.24, 2.45) is 0 Å². The fraction of sp³-hybridized carbons (Fsp3) is 0.154. The Bertz CT molecular complexity index is 812. The molecule has 1 heterocycles. The molecule has 1 aromatic heterocycles. The van der Waals surface area contributed by atoms with Gasteiger partial charge in [0.05, 0.1) is 10.6 Å². The maximum Gasteiger partial charge on any atom is 0.339 e. The van der Waals surface area contributed by atoms with Crippen LogP contribution in [0.3, 0.4) is 0 Å². The van der Waals surface area contributed by atoms with Crippen LogP contribution in [0.25, 0.3) is 0 Å². The second-order valence-electron chi connectivity index (χ2n) is 4.52. The van der Waals surface area contributed by atoms with Crippen molar-refractivity contribution in [2.75, 3.05) is 4.72 Å². The number of carboxylic acid groups (broad SMARTS) is 1. The minimum Gasteiger partial charge on any atom is -0.478 e. The number of aromatic amines is 1. The van der Waals surface area contributed by atoms with Gasteiger partial charge in [-0.25, -0.2) is 17.6 Å². The summed E-state index contributed by atoms with van der Waals surface area (Å²) in [5, 5.41) is 9.09. The normalized spacial score (nSPS) is 11.4. The third kappa shape index (κ3) is 2.89. The molecular weight excluding hydrogens is 299 g/mol. The number of H-pyrrole nitrogens is 1. The molecule has 0 aliphatic rings. The van der Waals surface area contributed by atoms with Crippen LogP contribution in [-0.2, 0) is 10.0 Å². The molecule has 0 bridgehead atoms. The Morgan fingerprint density at radius 2 is 2.00 bits per heavy atom. The van der Waals surface area contributed by atoms with Crippen molar-refractivity contribution in [3.8, 4) is 0 Å². The molecule has 8 heteroatoms. The Labute approximate surface area is 120 Å². The van der Waals surface area contributed by atoms with Crippen LogP contribution in [0.1, 0.15) is 21.6 Å². The number of hydrogen-bond acceptors (Lipinski definition) is 3. The van der Waals surface area contributed by atoms with Crippen molar-refractivity contribution >= 4 is 21.7 Å². The number of rotatable bonds is 4. The Hall–Kier alpha value is -2.35. The first-order valence-corrected chi connectivity index (χ1v) is 7.41. The predicted octanol–water partition coefficient (Wildman–Crippen LogP) is 2.27. The second kappa shape index (κ2) is 5.21. The lowest BCUT2D eigenvalue weighted by Crippen LogP contribution is -2.16. The molecule has 2 aromatic rings. The fourth-order valence-corrected chi connectivity index (χ4v) is 3.29. The van der Waals surface area contributed by atoms with Gasteiger partial charge in [-0.1, -0.05) is 0 Å². The molecule has 0 unspecified atom stereocenters. The molecule has 6 nitrogen and oxygen atoms in total. The third-order valence-electron chi connectivity index (χ3n) is 2.96. The van der Waals surface area contributed by atoms with Crippen LogP contribution in [0.4, 0.5) is 10.1 Å². The third-order valence-corrected chi connectivity index (χ3v) is 4.49. The van der Waals surface area contributed by atoms with E-state index in [1.165, 1.54) is 20.0 Å². The highest BCUT2D eigenvalue weighted by molar-refractivity contribution is 7.92. The number of aryl methyl sites for hydroxylation is 2. The summed E-state index contributed by atoms with van der Waals surface area (Å²) in [4.78, 5) is 13.7. The zero-order valence-corrected chi connectivity index (χ0v) is 12.1. The van der Waals surface area contributed by atoms with Gasteiger partial charge in [0.2, 0.25) is 0 Å². The van der Waals surface area contributed by atoms with Crippen LogP contribution >= 0.6 is 0 Å². The van der Waals surface area contributed by atoms with Crippen LogP contribution in [-0.4, -0.2) is 24.5 Å². The van der Waals surface area contributed by atoms with E-state index in [9.17, 15) is 17.6 Å². The Morgan fingerprint density at radius 3 is 2.57 bits per heavy atom. The first-order chi connectivity index (χ1) is 9.72. The zero-order chi connectivity index (χ0) is 15.8. The van der Waals surface area contributed by atoms with Crippen LogP contribution in [0.15, 0.2) is 29.3 Å². The van der Waals surface area contributed by atoms with E-state index in [1.54, 1.807) is 0 Å². The average molecular weight is 312 g/mol. The summed E-state index contributed by atoms with van der Waals surface area (Å²) in [5.41, 5.74) is 0.338. The molecule has 0 amide bonds. The lowest BCUT2D eigenvalue weighted by Gasteiger charge is -2.10. The van der Waals surface area contributed by atoms with Gasteiger partial charge in [0.1, 0.15) is 11.4 Å². The van der Waals surface area contributed by atoms with Crippen molar-refractivity contribution in [3.05, 3.63) is 47.0 Å². The van der Waals surface area contributed by atoms with Crippen molar-refractivity contribution < 1.29 is 22.7 Å². The second-order valence-corrected chi connectivity index (χ2v) is 6.17. The first-order valence-electron chi connectivity index (χ1n) is 5.92. The van der Waals surface area contributed by atoms with Crippen molar-refractivity contribution in [3.63, 3.8) is 0 Å². The van der Waals surface area contributed by atoms with Crippen molar-refractivity contribution in [1.82, 2.24) is 4.98 Å². The van der Waals surface area contributed by atoms with E-state index in [-0.39, 0.29) is 21.7 Å². The minimum atomic E-state index is -4.00. The number of aromatic nitrogens is 1. The van der Waals surface area contributed by atoms with Crippen LogP contribution < -0.4 is 4.72 Å². The molecule has 0 atom stereocenters. The molecule has 0 radical (unpaired) electrons. The van der Waals surface area contributed by atoms with E-state index in [1.807, 2.05) is 0 Å². The number of hydrogen-bond donors (Lipinski definition) is 3. The summed E-state index contributed by atoms with van der Waals surface area (Å²) in [6, 6.07) is 3.25. The standard InChI is InChI=1S/C13H13FN2O4S/c1-7-5-9(14)3-4-11(7)21(19,20)16-10-6-15-8(2)12(10)13(17)18/h3-6,15-16H,1-2H3,(H,17,18). The Morgan fingerprint density at radius 1 is 1.33 bits per heavy atom. The van der Waals surface area contributed by atoms with E-state index < -0.39 is 21.8 Å². The van der Waals surface area contributed by atoms with Gasteiger partial charge in [-0.2, -0.15) is 0 Å². The molecule has 0 aliphatic carbocycles. The molecular formula is C13H13FN2O4S. The average Bonchev–Trinajstić information content (AvgIpc) is 2.68. The Balaban J connectivity index is 2.45. The SMILES string of the molecule is Cc1cc(F)ccc1S(=O)(=O)Nc1c[nH]c(C)c1C(=O)O. The number of aromatic carboxylic acids is 1. The number of benzene rings is 1. The van der Waals surface area contributed by atoms with Crippen molar-refractivity contribution in [1.29, 1.82) is 0 Å². The first kappa shape index (κ1) is 15.0. The van der Waals surface area contributed by atoms with E-state index in [2.05, 4.69) is 9.71 Å². The summed E-state index contributed by atoms with van der Waals surface area (Å²) >= 11 is 0. The summed E-state index contributed by atoms with van der Waals surface area (Å²) in [7, 11) is -4.00. The minimum absolute atomic E-state index is 0.0660. The largest absolute Gasteiger partial charge is 0.478 e. The van der Waals surface area contributed by atoms with E-state index in [0.717, 1.165) is 18.2 Å². The predicted molar refractivity (Wildman–Crippen MR) is 74.4 cm³/mol. The van der Waals surface area contributed by atoms with E-state index >= 15 is 0 Å². The molecule has 0 fully saturated rings. The molecule has 2 rings (SSSR count). The molecule has 0 saturated heterocycles. The van der Waals surface area contributed by atoms with Gasteiger partial charge in [-0.15, -0.1) is 0 Å². The van der Waals surface area contributed by atoms with Gasteiger partial charge in [0, 0.05) is 11.9 Å². The van der Waals surface area contributed by atoms with Gasteiger partial charge < -0.3 is 10.1 Å². The summed E-state index contributed by atoms with van der Waals surface area (Å²) in [6.45, 7) is 2.97. The number of anilines is 1. The van der Waals surface area contributed by atoms with Gasteiger partial charge in [0.25, 0.3) is 10.0 Å². The Kier molecular flexibility index (Phi) is 3.73. The number of halogens is 1. The van der Waals surface area contributed by atoms with E-state index in [0.29, 0.717) is 5.69 Å². The number of nitrogens with one attached hydrogen (secondary N) is 2. The maximum atomic E-state index is 13.0. The van der Waals surface area contributed by atoms with Crippen molar-refractivity contribution in [2.45, 2.75) is 18.7 Å². The summed E-state index contributed by atoms with van der Waals surface area (Å²) in [5.74, 6) is -1.79. The van der Waals surface area contributed by atoms with Gasteiger partial charge in [-0.05, 0) is 37.6 Å². The number of sulfonamides is 1. The molecule has 0 aliphatic heterocycles. The van der Waals surface area contributed by atoms with Crippen LogP contribution in [0.2, 0.25) is 0 Å². The number of carbonyl (C=O) groups is 1. The fourth-order valence-electron chi connectivity index (χ4n) is 2.00. The molecule has 1 aromatic carbocycles. The van der Waals surface area contributed by atoms with Crippen LogP contribution in [0, 0.1) is 19.7 Å². The topological polar surface area (TPSA) is 99.3 Å². The summed E-state index contributed by atoms with van der Waals surface area (Å²) in [6.07, 6.45) is 1.26. The monoisotopic (exact) mass is 312 g/mol. The van der Waals surface area contributed by atoms with Crippen LogP contribution in [0.5, 0.6) is 0 Å². The zero-order valence-electron chi connectivity index (χ0n) is 11.3. The highest BCUT2D eigenvalue weighted by Gasteiger charge is 2.22. The maximum absolute atomic E-state index is 13.0. The highest BCUT2D eigenvalue weighted by atomic mass is 32.2. The molecule has 0 saturated carbocycles. The molecule has 21 heavy (non-hydrogen) atoms.